The zero-order valence-electron chi connectivity index (χ0n) is 8.81. The molecule has 0 fully saturated rings. The van der Waals surface area contributed by atoms with E-state index in [9.17, 15) is 9.18 Å². The summed E-state index contributed by atoms with van der Waals surface area (Å²) in [6.07, 6.45) is 0. The van der Waals surface area contributed by atoms with Gasteiger partial charge < -0.3 is 10.7 Å². The molecule has 0 aliphatic carbocycles. The molecule has 6 heteroatoms. The highest BCUT2D eigenvalue weighted by atomic mass is 32.2. The molecule has 2 aromatic rings. The van der Waals surface area contributed by atoms with Gasteiger partial charge >= 0.3 is 0 Å². The van der Waals surface area contributed by atoms with Crippen LogP contribution >= 0.6 is 11.8 Å². The van der Waals surface area contributed by atoms with Gasteiger partial charge in [0.1, 0.15) is 17.5 Å². The summed E-state index contributed by atoms with van der Waals surface area (Å²) in [7, 11) is 0. The molecule has 1 heterocycles. The highest BCUT2D eigenvalue weighted by Gasteiger charge is 2.04. The number of nitrogen functional groups attached to an aromatic ring is 1. The average molecular weight is 251 g/mol. The molecule has 2 rings (SSSR count). The predicted octanol–water partition coefficient (Wildman–Crippen LogP) is 1.78. The zero-order chi connectivity index (χ0) is 12.3. The van der Waals surface area contributed by atoms with E-state index < -0.39 is 0 Å². The Balaban J connectivity index is 2.13. The van der Waals surface area contributed by atoms with Gasteiger partial charge in [-0.15, -0.1) is 11.8 Å². The Hall–Kier alpha value is -1.82. The molecule has 0 saturated carbocycles. The maximum atomic E-state index is 13.3. The van der Waals surface area contributed by atoms with Gasteiger partial charge in [-0.25, -0.2) is 9.37 Å². The topological polar surface area (TPSA) is 71.8 Å². The Morgan fingerprint density at radius 1 is 1.41 bits per heavy atom. The fourth-order valence-corrected chi connectivity index (χ4v) is 2.11. The number of nitrogens with one attached hydrogen (secondary N) is 1. The van der Waals surface area contributed by atoms with Crippen molar-refractivity contribution in [1.82, 2.24) is 9.97 Å². The molecule has 1 aromatic heterocycles. The van der Waals surface area contributed by atoms with Crippen molar-refractivity contribution in [3.05, 3.63) is 52.3 Å². The van der Waals surface area contributed by atoms with Gasteiger partial charge in [0, 0.05) is 11.0 Å². The van der Waals surface area contributed by atoms with E-state index in [-0.39, 0.29) is 17.2 Å². The maximum absolute atomic E-state index is 13.3. The number of aromatic amines is 1. The van der Waals surface area contributed by atoms with Gasteiger partial charge in [0.25, 0.3) is 5.56 Å². The van der Waals surface area contributed by atoms with Crippen LogP contribution in [0.25, 0.3) is 0 Å². The van der Waals surface area contributed by atoms with Gasteiger partial charge in [-0.2, -0.15) is 0 Å². The highest BCUT2D eigenvalue weighted by Crippen LogP contribution is 2.23. The number of hydrogen-bond acceptors (Lipinski definition) is 4. The van der Waals surface area contributed by atoms with Crippen LogP contribution in [-0.4, -0.2) is 9.97 Å². The molecule has 0 aliphatic heterocycles. The molecule has 0 amide bonds. The minimum Gasteiger partial charge on any atom is -0.383 e. The van der Waals surface area contributed by atoms with Crippen LogP contribution in [0.4, 0.5) is 10.2 Å². The van der Waals surface area contributed by atoms with Crippen LogP contribution in [0.15, 0.2) is 40.0 Å². The number of nitrogens with two attached hydrogens (primary N) is 1. The predicted molar refractivity (Wildman–Crippen MR) is 65.2 cm³/mol. The van der Waals surface area contributed by atoms with E-state index in [2.05, 4.69) is 9.97 Å². The summed E-state index contributed by atoms with van der Waals surface area (Å²) in [6, 6.07) is 7.64. The molecule has 0 radical (unpaired) electrons. The molecule has 4 nitrogen and oxygen atoms in total. The van der Waals surface area contributed by atoms with Gasteiger partial charge in [0.2, 0.25) is 0 Å². The van der Waals surface area contributed by atoms with Gasteiger partial charge in [0.05, 0.1) is 5.75 Å². The first kappa shape index (κ1) is 11.7. The van der Waals surface area contributed by atoms with E-state index >= 15 is 0 Å². The maximum Gasteiger partial charge on any atom is 0.252 e. The van der Waals surface area contributed by atoms with Crippen molar-refractivity contribution < 1.29 is 4.39 Å². The number of hydrogen-bond donors (Lipinski definition) is 2. The second-order valence-electron chi connectivity index (χ2n) is 3.34. The quantitative estimate of drug-likeness (QED) is 0.816. The molecular weight excluding hydrogens is 241 g/mol. The fourth-order valence-electron chi connectivity index (χ4n) is 1.30. The minimum atomic E-state index is -0.304. The van der Waals surface area contributed by atoms with Gasteiger partial charge in [-0.05, 0) is 12.1 Å². The van der Waals surface area contributed by atoms with Crippen molar-refractivity contribution in [3.63, 3.8) is 0 Å². The van der Waals surface area contributed by atoms with Gasteiger partial charge in [0.15, 0.2) is 0 Å². The summed E-state index contributed by atoms with van der Waals surface area (Å²) in [5.74, 6) is 0.672. The Labute approximate surface area is 101 Å². The molecule has 0 unspecified atom stereocenters. The van der Waals surface area contributed by atoms with E-state index in [1.165, 1.54) is 23.9 Å². The summed E-state index contributed by atoms with van der Waals surface area (Å²) in [5.41, 5.74) is 5.14. The van der Waals surface area contributed by atoms with Crippen molar-refractivity contribution in [2.24, 2.45) is 0 Å². The number of halogens is 1. The number of nitrogens with zero attached hydrogens (tertiary/aromatic N) is 1. The van der Waals surface area contributed by atoms with E-state index in [0.717, 1.165) is 0 Å². The van der Waals surface area contributed by atoms with Crippen molar-refractivity contribution in [2.75, 3.05) is 5.73 Å². The third-order valence-electron chi connectivity index (χ3n) is 2.01. The summed E-state index contributed by atoms with van der Waals surface area (Å²) in [5, 5.41) is 0. The van der Waals surface area contributed by atoms with Crippen LogP contribution in [0.1, 0.15) is 5.82 Å². The number of benzene rings is 1. The van der Waals surface area contributed by atoms with Crippen molar-refractivity contribution in [3.8, 4) is 0 Å². The smallest absolute Gasteiger partial charge is 0.252 e. The number of anilines is 1. The first-order valence-electron chi connectivity index (χ1n) is 4.88. The summed E-state index contributed by atoms with van der Waals surface area (Å²) < 4.78 is 13.3. The average Bonchev–Trinajstić information content (AvgIpc) is 2.27. The van der Waals surface area contributed by atoms with E-state index in [0.29, 0.717) is 16.5 Å². The van der Waals surface area contributed by atoms with Crippen LogP contribution in [0.5, 0.6) is 0 Å². The van der Waals surface area contributed by atoms with Crippen LogP contribution < -0.4 is 11.3 Å². The second-order valence-corrected chi connectivity index (χ2v) is 4.35. The lowest BCUT2D eigenvalue weighted by Crippen LogP contribution is -2.11. The van der Waals surface area contributed by atoms with E-state index in [4.69, 9.17) is 5.73 Å². The third kappa shape index (κ3) is 3.07. The summed E-state index contributed by atoms with van der Waals surface area (Å²) in [4.78, 5) is 18.1. The molecule has 0 bridgehead atoms. The van der Waals surface area contributed by atoms with Crippen LogP contribution in [0.3, 0.4) is 0 Å². The van der Waals surface area contributed by atoms with E-state index in [1.54, 1.807) is 18.2 Å². The monoisotopic (exact) mass is 251 g/mol. The number of rotatable bonds is 3. The Bertz CT molecular complexity index is 585. The van der Waals surface area contributed by atoms with Gasteiger partial charge in [-0.3, -0.25) is 4.79 Å². The lowest BCUT2D eigenvalue weighted by Gasteiger charge is -2.03. The Kier molecular flexibility index (Phi) is 3.43. The first-order chi connectivity index (χ1) is 8.15. The van der Waals surface area contributed by atoms with Crippen LogP contribution in [-0.2, 0) is 5.75 Å². The Morgan fingerprint density at radius 2 is 2.18 bits per heavy atom. The molecule has 0 aliphatic rings. The SMILES string of the molecule is Nc1cc(=O)[nH]c(CSc2ccccc2F)n1. The minimum absolute atomic E-state index is 0.165. The molecule has 1 aromatic carbocycles. The van der Waals surface area contributed by atoms with Crippen molar-refractivity contribution in [2.45, 2.75) is 10.6 Å². The molecular formula is C11H10FN3OS. The normalized spacial score (nSPS) is 10.4. The largest absolute Gasteiger partial charge is 0.383 e. The summed E-state index contributed by atoms with van der Waals surface area (Å²) in [6.45, 7) is 0. The lowest BCUT2D eigenvalue weighted by molar-refractivity contribution is 0.602. The lowest BCUT2D eigenvalue weighted by atomic mass is 10.3. The third-order valence-corrected chi connectivity index (χ3v) is 3.07. The molecule has 3 N–H and O–H groups in total. The van der Waals surface area contributed by atoms with Crippen molar-refractivity contribution >= 4 is 17.6 Å². The van der Waals surface area contributed by atoms with Crippen LogP contribution in [0, 0.1) is 5.82 Å². The Morgan fingerprint density at radius 3 is 2.88 bits per heavy atom. The van der Waals surface area contributed by atoms with Gasteiger partial charge in [-0.1, -0.05) is 12.1 Å². The van der Waals surface area contributed by atoms with E-state index in [1.807, 2.05) is 0 Å². The van der Waals surface area contributed by atoms with Crippen molar-refractivity contribution in [1.29, 1.82) is 0 Å². The molecule has 17 heavy (non-hydrogen) atoms. The number of aromatic nitrogens is 2. The number of H-pyrrole nitrogens is 1. The zero-order valence-corrected chi connectivity index (χ0v) is 9.63. The number of thioether (sulfide) groups is 1. The fraction of sp³-hybridized carbons (Fsp3) is 0.0909. The first-order valence-corrected chi connectivity index (χ1v) is 5.87. The standard InChI is InChI=1S/C11H10FN3OS/c12-7-3-1-2-4-8(7)17-6-10-14-9(13)5-11(16)15-10/h1-5H,6H2,(H3,13,14,15,16). The molecule has 0 atom stereocenters. The van der Waals surface area contributed by atoms with Crippen LogP contribution in [0.2, 0.25) is 0 Å². The second kappa shape index (κ2) is 5.01. The molecule has 0 saturated heterocycles. The molecule has 88 valence electrons. The molecule has 0 spiro atoms. The highest BCUT2D eigenvalue weighted by molar-refractivity contribution is 7.98. The summed E-state index contributed by atoms with van der Waals surface area (Å²) >= 11 is 1.25.